The molecule has 7 nitrogen and oxygen atoms in total. The summed E-state index contributed by atoms with van der Waals surface area (Å²) in [5.41, 5.74) is 1.55. The van der Waals surface area contributed by atoms with E-state index in [2.05, 4.69) is 20.8 Å². The van der Waals surface area contributed by atoms with Gasteiger partial charge in [0.2, 0.25) is 0 Å². The van der Waals surface area contributed by atoms with Gasteiger partial charge >= 0.3 is 12.0 Å². The topological polar surface area (TPSA) is 107 Å². The normalized spacial score (nSPS) is 11.7. The van der Waals surface area contributed by atoms with Crippen LogP contribution in [0.3, 0.4) is 0 Å². The molecule has 1 aromatic heterocycles. The number of carboxylic acid groups (broad SMARTS) is 1. The van der Waals surface area contributed by atoms with Gasteiger partial charge in [0.1, 0.15) is 0 Å². The van der Waals surface area contributed by atoms with Crippen molar-refractivity contribution in [3.8, 4) is 0 Å². The van der Waals surface area contributed by atoms with Crippen molar-refractivity contribution in [1.82, 2.24) is 15.5 Å². The van der Waals surface area contributed by atoms with E-state index in [1.807, 2.05) is 6.92 Å². The van der Waals surface area contributed by atoms with E-state index in [9.17, 15) is 9.59 Å². The van der Waals surface area contributed by atoms with E-state index in [-0.39, 0.29) is 17.6 Å². The Morgan fingerprint density at radius 1 is 1.30 bits per heavy atom. The predicted molar refractivity (Wildman–Crippen MR) is 72.6 cm³/mol. The third kappa shape index (κ3) is 3.35. The van der Waals surface area contributed by atoms with Crippen molar-refractivity contribution in [2.45, 2.75) is 13.0 Å². The number of carbonyl (C=O) groups is 2. The van der Waals surface area contributed by atoms with Crippen molar-refractivity contribution in [2.75, 3.05) is 5.32 Å². The van der Waals surface area contributed by atoms with E-state index in [1.165, 1.54) is 24.3 Å². The summed E-state index contributed by atoms with van der Waals surface area (Å²) in [7, 11) is 0. The summed E-state index contributed by atoms with van der Waals surface area (Å²) in [6.07, 6.45) is 3.33. The van der Waals surface area contributed by atoms with E-state index < -0.39 is 5.97 Å². The van der Waals surface area contributed by atoms with Crippen LogP contribution in [0, 0.1) is 0 Å². The minimum Gasteiger partial charge on any atom is -0.478 e. The van der Waals surface area contributed by atoms with Gasteiger partial charge in [0.25, 0.3) is 0 Å². The Morgan fingerprint density at radius 2 is 2.00 bits per heavy atom. The molecule has 1 aromatic carbocycles. The first kappa shape index (κ1) is 13.6. The van der Waals surface area contributed by atoms with Crippen LogP contribution in [0.5, 0.6) is 0 Å². The first-order valence-electron chi connectivity index (χ1n) is 5.96. The number of carbonyl (C=O) groups excluding carboxylic acids is 1. The van der Waals surface area contributed by atoms with E-state index in [1.54, 1.807) is 12.4 Å². The molecule has 7 heteroatoms. The summed E-state index contributed by atoms with van der Waals surface area (Å²) in [6, 6.07) is 5.36. The van der Waals surface area contributed by atoms with Crippen LogP contribution < -0.4 is 10.6 Å². The van der Waals surface area contributed by atoms with Gasteiger partial charge in [0, 0.05) is 17.4 Å². The van der Waals surface area contributed by atoms with Gasteiger partial charge in [-0.25, -0.2) is 9.59 Å². The lowest BCUT2D eigenvalue weighted by Gasteiger charge is -2.13. The van der Waals surface area contributed by atoms with Crippen molar-refractivity contribution in [2.24, 2.45) is 0 Å². The third-order valence-electron chi connectivity index (χ3n) is 2.76. The number of amides is 2. The van der Waals surface area contributed by atoms with Gasteiger partial charge in [-0.2, -0.15) is 5.10 Å². The van der Waals surface area contributed by atoms with Gasteiger partial charge in [-0.3, -0.25) is 5.10 Å². The maximum absolute atomic E-state index is 11.8. The molecular weight excluding hydrogens is 260 g/mol. The fourth-order valence-corrected chi connectivity index (χ4v) is 1.64. The van der Waals surface area contributed by atoms with E-state index >= 15 is 0 Å². The van der Waals surface area contributed by atoms with E-state index in [4.69, 9.17) is 5.11 Å². The highest BCUT2D eigenvalue weighted by molar-refractivity contribution is 5.91. The van der Waals surface area contributed by atoms with Crippen LogP contribution in [0.1, 0.15) is 28.9 Å². The number of nitrogens with one attached hydrogen (secondary N) is 3. The zero-order valence-electron chi connectivity index (χ0n) is 10.8. The highest BCUT2D eigenvalue weighted by atomic mass is 16.4. The standard InChI is InChI=1S/C13H14N4O3/c1-8(10-6-14-15-7-10)16-13(20)17-11-4-2-9(3-5-11)12(18)19/h2-8H,1H3,(H,14,15)(H,18,19)(H2,16,17,20). The number of hydrogen-bond acceptors (Lipinski definition) is 3. The molecule has 0 saturated heterocycles. The molecule has 0 aliphatic heterocycles. The zero-order chi connectivity index (χ0) is 14.5. The van der Waals surface area contributed by atoms with Crippen molar-refractivity contribution in [3.05, 3.63) is 47.8 Å². The molecule has 0 fully saturated rings. The van der Waals surface area contributed by atoms with E-state index in [0.29, 0.717) is 5.69 Å². The summed E-state index contributed by atoms with van der Waals surface area (Å²) in [5.74, 6) is -1.01. The van der Waals surface area contributed by atoms with Gasteiger partial charge in [0.15, 0.2) is 0 Å². The number of nitrogens with zero attached hydrogens (tertiary/aromatic N) is 1. The molecule has 4 N–H and O–H groups in total. The molecule has 0 spiro atoms. The summed E-state index contributed by atoms with van der Waals surface area (Å²) in [5, 5.41) is 20.6. The van der Waals surface area contributed by atoms with Crippen LogP contribution in [0.25, 0.3) is 0 Å². The maximum Gasteiger partial charge on any atom is 0.335 e. The Hall–Kier alpha value is -2.83. The molecule has 0 bridgehead atoms. The van der Waals surface area contributed by atoms with Crippen LogP contribution in [0.4, 0.5) is 10.5 Å². The Balaban J connectivity index is 1.92. The highest BCUT2D eigenvalue weighted by Gasteiger charge is 2.10. The monoisotopic (exact) mass is 274 g/mol. The fourth-order valence-electron chi connectivity index (χ4n) is 1.64. The van der Waals surface area contributed by atoms with Crippen molar-refractivity contribution < 1.29 is 14.7 Å². The molecule has 2 amide bonds. The lowest BCUT2D eigenvalue weighted by Crippen LogP contribution is -2.30. The quantitative estimate of drug-likeness (QED) is 0.683. The SMILES string of the molecule is CC(NC(=O)Nc1ccc(C(=O)O)cc1)c1cn[nH]c1. The number of urea groups is 1. The molecule has 104 valence electrons. The number of aromatic amines is 1. The number of hydrogen-bond donors (Lipinski definition) is 4. The second kappa shape index (κ2) is 5.87. The Bertz CT molecular complexity index is 593. The average molecular weight is 274 g/mol. The number of H-pyrrole nitrogens is 1. The lowest BCUT2D eigenvalue weighted by atomic mass is 10.2. The lowest BCUT2D eigenvalue weighted by molar-refractivity contribution is 0.0697. The zero-order valence-corrected chi connectivity index (χ0v) is 10.8. The second-order valence-electron chi connectivity index (χ2n) is 4.23. The largest absolute Gasteiger partial charge is 0.478 e. The number of aromatic carboxylic acids is 1. The fraction of sp³-hybridized carbons (Fsp3) is 0.154. The first-order valence-corrected chi connectivity index (χ1v) is 5.96. The third-order valence-corrected chi connectivity index (χ3v) is 2.76. The summed E-state index contributed by atoms with van der Waals surface area (Å²) < 4.78 is 0. The van der Waals surface area contributed by atoms with Gasteiger partial charge in [-0.05, 0) is 31.2 Å². The molecule has 0 saturated carbocycles. The molecule has 1 heterocycles. The summed E-state index contributed by atoms with van der Waals surface area (Å²) >= 11 is 0. The molecule has 1 atom stereocenters. The van der Waals surface area contributed by atoms with Gasteiger partial charge in [0.05, 0.1) is 17.8 Å². The van der Waals surface area contributed by atoms with Gasteiger partial charge in [-0.15, -0.1) is 0 Å². The Morgan fingerprint density at radius 3 is 2.55 bits per heavy atom. The number of carboxylic acids is 1. The molecule has 20 heavy (non-hydrogen) atoms. The van der Waals surface area contributed by atoms with Crippen molar-refractivity contribution >= 4 is 17.7 Å². The number of benzene rings is 1. The van der Waals surface area contributed by atoms with Crippen LogP contribution in [-0.2, 0) is 0 Å². The number of rotatable bonds is 4. The molecule has 1 unspecified atom stereocenters. The minimum absolute atomic E-state index is 0.169. The van der Waals surface area contributed by atoms with Crippen LogP contribution in [-0.4, -0.2) is 27.3 Å². The molecular formula is C13H14N4O3. The highest BCUT2D eigenvalue weighted by Crippen LogP contribution is 2.12. The molecule has 2 rings (SSSR count). The smallest absolute Gasteiger partial charge is 0.335 e. The van der Waals surface area contributed by atoms with Gasteiger partial charge < -0.3 is 15.7 Å². The summed E-state index contributed by atoms with van der Waals surface area (Å²) in [6.45, 7) is 1.83. The van der Waals surface area contributed by atoms with Crippen LogP contribution >= 0.6 is 0 Å². The van der Waals surface area contributed by atoms with Crippen LogP contribution in [0.15, 0.2) is 36.7 Å². The van der Waals surface area contributed by atoms with Gasteiger partial charge in [-0.1, -0.05) is 0 Å². The molecule has 0 radical (unpaired) electrons. The minimum atomic E-state index is -1.01. The Labute approximate surface area is 115 Å². The maximum atomic E-state index is 11.8. The predicted octanol–water partition coefficient (Wildman–Crippen LogP) is 1.99. The second-order valence-corrected chi connectivity index (χ2v) is 4.23. The molecule has 0 aliphatic carbocycles. The van der Waals surface area contributed by atoms with Crippen molar-refractivity contribution in [3.63, 3.8) is 0 Å². The van der Waals surface area contributed by atoms with Crippen molar-refractivity contribution in [1.29, 1.82) is 0 Å². The number of aromatic nitrogens is 2. The van der Waals surface area contributed by atoms with E-state index in [0.717, 1.165) is 5.56 Å². The first-order chi connectivity index (χ1) is 9.56. The van der Waals surface area contributed by atoms with Crippen LogP contribution in [0.2, 0.25) is 0 Å². The number of anilines is 1. The summed E-state index contributed by atoms with van der Waals surface area (Å²) in [4.78, 5) is 22.5. The Kier molecular flexibility index (Phi) is 3.99. The average Bonchev–Trinajstić information content (AvgIpc) is 2.93. The molecule has 2 aromatic rings. The molecule has 0 aliphatic rings.